The highest BCUT2D eigenvalue weighted by molar-refractivity contribution is 5.85. The first kappa shape index (κ1) is 12.4. The average Bonchev–Trinajstić information content (AvgIpc) is 2.82. The molecule has 0 radical (unpaired) electrons. The van der Waals surface area contributed by atoms with Crippen LogP contribution in [-0.2, 0) is 12.0 Å². The summed E-state index contributed by atoms with van der Waals surface area (Å²) in [4.78, 5) is 11.2. The van der Waals surface area contributed by atoms with Gasteiger partial charge in [-0.2, -0.15) is 5.10 Å². The third-order valence-electron chi connectivity index (χ3n) is 5.88. The van der Waals surface area contributed by atoms with Gasteiger partial charge in [0.25, 0.3) is 0 Å². The van der Waals surface area contributed by atoms with Crippen LogP contribution in [0, 0.1) is 17.8 Å². The SMILES string of the molecule is CCn1nc(C(=O)O)cc1C12CC3CC(CC(C3)C1)C2. The lowest BCUT2D eigenvalue weighted by molar-refractivity contribution is -0.00924. The van der Waals surface area contributed by atoms with Crippen LogP contribution in [0.3, 0.4) is 0 Å². The first-order chi connectivity index (χ1) is 9.59. The first-order valence-electron chi connectivity index (χ1n) is 7.91. The highest BCUT2D eigenvalue weighted by Gasteiger charge is 2.53. The summed E-state index contributed by atoms with van der Waals surface area (Å²) in [6.07, 6.45) is 7.99. The second-order valence-corrected chi connectivity index (χ2v) is 7.23. The largest absolute Gasteiger partial charge is 0.476 e. The highest BCUT2D eigenvalue weighted by Crippen LogP contribution is 2.60. The van der Waals surface area contributed by atoms with Crippen LogP contribution in [0.5, 0.6) is 0 Å². The first-order valence-corrected chi connectivity index (χ1v) is 7.91. The number of hydrogen-bond acceptors (Lipinski definition) is 2. The van der Waals surface area contributed by atoms with Gasteiger partial charge in [0.05, 0.1) is 0 Å². The Hall–Kier alpha value is -1.32. The van der Waals surface area contributed by atoms with E-state index in [1.54, 1.807) is 0 Å². The maximum Gasteiger partial charge on any atom is 0.356 e. The van der Waals surface area contributed by atoms with Crippen molar-refractivity contribution in [1.29, 1.82) is 0 Å². The Kier molecular flexibility index (Phi) is 2.54. The maximum atomic E-state index is 11.2. The molecule has 4 heteroatoms. The predicted octanol–water partition coefficient (Wildman–Crippen LogP) is 3.07. The fourth-order valence-corrected chi connectivity index (χ4v) is 5.61. The van der Waals surface area contributed by atoms with Gasteiger partial charge in [0, 0.05) is 17.7 Å². The van der Waals surface area contributed by atoms with Crippen molar-refractivity contribution < 1.29 is 9.90 Å². The van der Waals surface area contributed by atoms with Gasteiger partial charge in [-0.1, -0.05) is 0 Å². The normalized spacial score (nSPS) is 38.4. The van der Waals surface area contributed by atoms with E-state index in [4.69, 9.17) is 0 Å². The average molecular weight is 274 g/mol. The van der Waals surface area contributed by atoms with E-state index in [2.05, 4.69) is 12.0 Å². The fraction of sp³-hybridized carbons (Fsp3) is 0.750. The topological polar surface area (TPSA) is 55.1 Å². The summed E-state index contributed by atoms with van der Waals surface area (Å²) >= 11 is 0. The molecule has 1 N–H and O–H groups in total. The van der Waals surface area contributed by atoms with Crippen LogP contribution in [0.2, 0.25) is 0 Å². The van der Waals surface area contributed by atoms with Crippen molar-refractivity contribution in [2.45, 2.75) is 57.4 Å². The quantitative estimate of drug-likeness (QED) is 0.921. The Bertz CT molecular complexity index is 526. The zero-order valence-electron chi connectivity index (χ0n) is 12.0. The Labute approximate surface area is 119 Å². The number of aromatic nitrogens is 2. The summed E-state index contributed by atoms with van der Waals surface area (Å²) in [7, 11) is 0. The van der Waals surface area contributed by atoms with Gasteiger partial charge in [0.15, 0.2) is 5.69 Å². The molecule has 0 aliphatic heterocycles. The number of rotatable bonds is 3. The van der Waals surface area contributed by atoms with Crippen molar-refractivity contribution >= 4 is 5.97 Å². The van der Waals surface area contributed by atoms with Gasteiger partial charge < -0.3 is 5.11 Å². The molecule has 4 nitrogen and oxygen atoms in total. The van der Waals surface area contributed by atoms with Crippen molar-refractivity contribution in [3.63, 3.8) is 0 Å². The molecule has 1 aromatic rings. The molecule has 0 unspecified atom stereocenters. The van der Waals surface area contributed by atoms with Gasteiger partial charge in [-0.15, -0.1) is 0 Å². The van der Waals surface area contributed by atoms with E-state index in [1.807, 2.05) is 10.7 Å². The van der Waals surface area contributed by atoms with E-state index >= 15 is 0 Å². The van der Waals surface area contributed by atoms with Crippen LogP contribution in [0.1, 0.15) is 61.6 Å². The number of aromatic carboxylic acids is 1. The number of hydrogen-bond donors (Lipinski definition) is 1. The molecule has 1 aromatic heterocycles. The fourth-order valence-electron chi connectivity index (χ4n) is 5.61. The Morgan fingerprint density at radius 2 is 1.85 bits per heavy atom. The lowest BCUT2D eigenvalue weighted by Gasteiger charge is -2.56. The molecule has 4 saturated carbocycles. The van der Waals surface area contributed by atoms with E-state index in [1.165, 1.54) is 44.2 Å². The van der Waals surface area contributed by atoms with Crippen LogP contribution in [0.15, 0.2) is 6.07 Å². The van der Waals surface area contributed by atoms with Crippen molar-refractivity contribution in [2.75, 3.05) is 0 Å². The molecule has 108 valence electrons. The van der Waals surface area contributed by atoms with Crippen LogP contribution < -0.4 is 0 Å². The van der Waals surface area contributed by atoms with E-state index in [9.17, 15) is 9.90 Å². The predicted molar refractivity (Wildman–Crippen MR) is 74.7 cm³/mol. The van der Waals surface area contributed by atoms with Crippen LogP contribution in [-0.4, -0.2) is 20.9 Å². The number of carboxylic acids is 1. The smallest absolute Gasteiger partial charge is 0.356 e. The van der Waals surface area contributed by atoms with Gasteiger partial charge in [0.1, 0.15) is 0 Å². The second kappa shape index (κ2) is 4.09. The molecule has 20 heavy (non-hydrogen) atoms. The summed E-state index contributed by atoms with van der Waals surface area (Å²) in [5.74, 6) is 1.71. The molecule has 4 fully saturated rings. The molecule has 0 spiro atoms. The van der Waals surface area contributed by atoms with Crippen LogP contribution in [0.25, 0.3) is 0 Å². The molecule has 0 atom stereocenters. The molecule has 0 saturated heterocycles. The number of aryl methyl sites for hydroxylation is 1. The summed E-state index contributed by atoms with van der Waals surface area (Å²) in [5, 5.41) is 13.5. The van der Waals surface area contributed by atoms with Gasteiger partial charge >= 0.3 is 5.97 Å². The molecule has 1 heterocycles. The Balaban J connectivity index is 1.78. The standard InChI is InChI=1S/C16H22N2O2/c1-2-18-14(6-13(17-18)15(19)20)16-7-10-3-11(8-16)5-12(4-10)9-16/h6,10-12H,2-5,7-9H2,1H3,(H,19,20). The Morgan fingerprint density at radius 1 is 1.30 bits per heavy atom. The minimum Gasteiger partial charge on any atom is -0.476 e. The summed E-state index contributed by atoms with van der Waals surface area (Å²) in [5.41, 5.74) is 1.65. The van der Waals surface area contributed by atoms with Crippen molar-refractivity contribution in [3.8, 4) is 0 Å². The van der Waals surface area contributed by atoms with E-state index in [-0.39, 0.29) is 11.1 Å². The van der Waals surface area contributed by atoms with Gasteiger partial charge in [-0.3, -0.25) is 4.68 Å². The molecule has 0 aromatic carbocycles. The van der Waals surface area contributed by atoms with E-state index < -0.39 is 5.97 Å². The molecule has 0 amide bonds. The molecule has 4 aliphatic rings. The van der Waals surface area contributed by atoms with E-state index in [0.717, 1.165) is 24.3 Å². The minimum absolute atomic E-state index is 0.220. The van der Waals surface area contributed by atoms with Gasteiger partial charge in [-0.05, 0) is 69.3 Å². The number of carboxylic acid groups (broad SMARTS) is 1. The van der Waals surface area contributed by atoms with Crippen molar-refractivity contribution in [3.05, 3.63) is 17.5 Å². The molecule has 4 bridgehead atoms. The monoisotopic (exact) mass is 274 g/mol. The second-order valence-electron chi connectivity index (χ2n) is 7.23. The minimum atomic E-state index is -0.900. The van der Waals surface area contributed by atoms with Crippen LogP contribution in [0.4, 0.5) is 0 Å². The Morgan fingerprint density at radius 3 is 2.30 bits per heavy atom. The summed E-state index contributed by atoms with van der Waals surface area (Å²) < 4.78 is 1.95. The number of carbonyl (C=O) groups is 1. The van der Waals surface area contributed by atoms with Gasteiger partial charge in [-0.25, -0.2) is 4.79 Å². The molecule has 5 rings (SSSR count). The zero-order chi connectivity index (χ0) is 13.9. The summed E-state index contributed by atoms with van der Waals surface area (Å²) in [6.45, 7) is 2.83. The summed E-state index contributed by atoms with van der Waals surface area (Å²) in [6, 6.07) is 1.86. The lowest BCUT2D eigenvalue weighted by Crippen LogP contribution is -2.49. The zero-order valence-corrected chi connectivity index (χ0v) is 12.0. The molecular weight excluding hydrogens is 252 g/mol. The number of nitrogens with zero attached hydrogens (tertiary/aromatic N) is 2. The van der Waals surface area contributed by atoms with E-state index in [0.29, 0.717) is 0 Å². The van der Waals surface area contributed by atoms with Crippen LogP contribution >= 0.6 is 0 Å². The third kappa shape index (κ3) is 1.66. The molecular formula is C16H22N2O2. The molecule has 4 aliphatic carbocycles. The maximum absolute atomic E-state index is 11.2. The van der Waals surface area contributed by atoms with Gasteiger partial charge in [0.2, 0.25) is 0 Å². The van der Waals surface area contributed by atoms with Crippen molar-refractivity contribution in [1.82, 2.24) is 9.78 Å². The third-order valence-corrected chi connectivity index (χ3v) is 5.88. The van der Waals surface area contributed by atoms with Crippen molar-refractivity contribution in [2.24, 2.45) is 17.8 Å². The highest BCUT2D eigenvalue weighted by atomic mass is 16.4. The lowest BCUT2D eigenvalue weighted by atomic mass is 9.49.